The third-order valence-electron chi connectivity index (χ3n) is 5.02. The summed E-state index contributed by atoms with van der Waals surface area (Å²) < 4.78 is 5.66. The average molecular weight is 328 g/mol. The number of nitrogens with one attached hydrogen (secondary N) is 1. The molecule has 2 aromatic rings. The summed E-state index contributed by atoms with van der Waals surface area (Å²) in [6.07, 6.45) is 7.07. The van der Waals surface area contributed by atoms with E-state index in [1.807, 2.05) is 30.3 Å². The summed E-state index contributed by atoms with van der Waals surface area (Å²) in [7, 11) is 0. The Balaban J connectivity index is 1.60. The largest absolute Gasteiger partial charge is 0.444 e. The SMILES string of the molecule is CC(C)(CNCC1(O)CCCCC1)c1coc(-c2ccccc2)n1. The molecule has 1 aromatic carbocycles. The van der Waals surface area contributed by atoms with Crippen LogP contribution in [0.5, 0.6) is 0 Å². The summed E-state index contributed by atoms with van der Waals surface area (Å²) in [5, 5.41) is 14.0. The molecule has 1 aromatic heterocycles. The molecule has 0 unspecified atom stereocenters. The van der Waals surface area contributed by atoms with Crippen LogP contribution in [-0.4, -0.2) is 28.8 Å². The van der Waals surface area contributed by atoms with E-state index < -0.39 is 5.60 Å². The normalized spacial score (nSPS) is 17.8. The van der Waals surface area contributed by atoms with Gasteiger partial charge in [0.25, 0.3) is 0 Å². The number of hydrogen-bond donors (Lipinski definition) is 2. The van der Waals surface area contributed by atoms with Crippen molar-refractivity contribution >= 4 is 0 Å². The zero-order valence-electron chi connectivity index (χ0n) is 14.7. The number of benzene rings is 1. The van der Waals surface area contributed by atoms with Gasteiger partial charge in [-0.2, -0.15) is 0 Å². The number of aliphatic hydroxyl groups is 1. The van der Waals surface area contributed by atoms with Crippen molar-refractivity contribution in [2.45, 2.75) is 57.0 Å². The highest BCUT2D eigenvalue weighted by atomic mass is 16.3. The molecule has 4 nitrogen and oxygen atoms in total. The molecule has 0 amide bonds. The standard InChI is InChI=1S/C20H28N2O2/c1-19(2,14-21-15-20(23)11-7-4-8-12-20)17-13-24-18(22-17)16-9-5-3-6-10-16/h3,5-6,9-10,13,21,23H,4,7-8,11-12,14-15H2,1-2H3. The maximum atomic E-state index is 10.6. The molecule has 1 heterocycles. The lowest BCUT2D eigenvalue weighted by molar-refractivity contribution is 0.00419. The summed E-state index contributed by atoms with van der Waals surface area (Å²) in [5.41, 5.74) is 1.24. The van der Waals surface area contributed by atoms with E-state index in [0.717, 1.165) is 43.5 Å². The van der Waals surface area contributed by atoms with Crippen LogP contribution in [0.25, 0.3) is 11.5 Å². The van der Waals surface area contributed by atoms with Crippen LogP contribution in [0.2, 0.25) is 0 Å². The zero-order chi connectivity index (χ0) is 17.0. The minimum absolute atomic E-state index is 0.151. The predicted molar refractivity (Wildman–Crippen MR) is 95.9 cm³/mol. The molecule has 0 aliphatic heterocycles. The van der Waals surface area contributed by atoms with E-state index >= 15 is 0 Å². The Morgan fingerprint density at radius 3 is 2.58 bits per heavy atom. The molecule has 3 rings (SSSR count). The van der Waals surface area contributed by atoms with Crippen LogP contribution >= 0.6 is 0 Å². The molecule has 24 heavy (non-hydrogen) atoms. The van der Waals surface area contributed by atoms with E-state index in [-0.39, 0.29) is 5.41 Å². The zero-order valence-corrected chi connectivity index (χ0v) is 14.7. The van der Waals surface area contributed by atoms with Gasteiger partial charge in [0.15, 0.2) is 0 Å². The Morgan fingerprint density at radius 2 is 1.88 bits per heavy atom. The van der Waals surface area contributed by atoms with Gasteiger partial charge in [-0.1, -0.05) is 51.3 Å². The summed E-state index contributed by atoms with van der Waals surface area (Å²) >= 11 is 0. The van der Waals surface area contributed by atoms with E-state index in [4.69, 9.17) is 4.42 Å². The van der Waals surface area contributed by atoms with Gasteiger partial charge in [0.1, 0.15) is 6.26 Å². The Labute approximate surface area is 144 Å². The molecule has 4 heteroatoms. The number of aromatic nitrogens is 1. The van der Waals surface area contributed by atoms with E-state index in [9.17, 15) is 5.11 Å². The molecule has 0 radical (unpaired) electrons. The number of hydrogen-bond acceptors (Lipinski definition) is 4. The number of oxazole rings is 1. The lowest BCUT2D eigenvalue weighted by Gasteiger charge is -2.33. The molecule has 0 saturated heterocycles. The quantitative estimate of drug-likeness (QED) is 0.844. The van der Waals surface area contributed by atoms with Crippen LogP contribution in [0.3, 0.4) is 0 Å². The summed E-state index contributed by atoms with van der Waals surface area (Å²) in [6, 6.07) is 9.95. The first kappa shape index (κ1) is 17.2. The van der Waals surface area contributed by atoms with Crippen LogP contribution < -0.4 is 5.32 Å². The van der Waals surface area contributed by atoms with E-state index in [1.165, 1.54) is 6.42 Å². The van der Waals surface area contributed by atoms with Crippen molar-refractivity contribution in [2.24, 2.45) is 0 Å². The predicted octanol–water partition coefficient (Wildman–Crippen LogP) is 3.90. The van der Waals surface area contributed by atoms with Gasteiger partial charge in [-0.25, -0.2) is 4.98 Å². The second-order valence-corrected chi connectivity index (χ2v) is 7.68. The Morgan fingerprint density at radius 1 is 1.17 bits per heavy atom. The highest BCUT2D eigenvalue weighted by Gasteiger charge is 2.30. The summed E-state index contributed by atoms with van der Waals surface area (Å²) in [6.45, 7) is 5.71. The summed E-state index contributed by atoms with van der Waals surface area (Å²) in [5.74, 6) is 0.657. The molecule has 1 fully saturated rings. The Kier molecular flexibility index (Phi) is 5.07. The van der Waals surface area contributed by atoms with Gasteiger partial charge >= 0.3 is 0 Å². The topological polar surface area (TPSA) is 58.3 Å². The van der Waals surface area contributed by atoms with Gasteiger partial charge in [-0.15, -0.1) is 0 Å². The molecule has 1 saturated carbocycles. The first-order chi connectivity index (χ1) is 11.5. The second-order valence-electron chi connectivity index (χ2n) is 7.68. The fraction of sp³-hybridized carbons (Fsp3) is 0.550. The minimum atomic E-state index is -0.534. The lowest BCUT2D eigenvalue weighted by Crippen LogP contribution is -2.45. The molecule has 0 atom stereocenters. The van der Waals surface area contributed by atoms with Crippen molar-refractivity contribution in [1.82, 2.24) is 10.3 Å². The minimum Gasteiger partial charge on any atom is -0.444 e. The molecule has 130 valence electrons. The lowest BCUT2D eigenvalue weighted by atomic mass is 9.84. The first-order valence-corrected chi connectivity index (χ1v) is 8.93. The third kappa shape index (κ3) is 4.05. The van der Waals surface area contributed by atoms with Gasteiger partial charge in [0, 0.05) is 24.1 Å². The van der Waals surface area contributed by atoms with E-state index in [2.05, 4.69) is 24.1 Å². The van der Waals surface area contributed by atoms with Crippen LogP contribution in [-0.2, 0) is 5.41 Å². The van der Waals surface area contributed by atoms with Gasteiger partial charge in [0.05, 0.1) is 11.3 Å². The van der Waals surface area contributed by atoms with Crippen molar-refractivity contribution < 1.29 is 9.52 Å². The molecule has 0 bridgehead atoms. The van der Waals surface area contributed by atoms with Gasteiger partial charge in [0.2, 0.25) is 5.89 Å². The molecule has 2 N–H and O–H groups in total. The van der Waals surface area contributed by atoms with Crippen molar-refractivity contribution in [3.63, 3.8) is 0 Å². The number of rotatable bonds is 6. The third-order valence-corrected chi connectivity index (χ3v) is 5.02. The average Bonchev–Trinajstić information content (AvgIpc) is 3.07. The molecule has 1 aliphatic rings. The molecular weight excluding hydrogens is 300 g/mol. The van der Waals surface area contributed by atoms with Crippen molar-refractivity contribution in [1.29, 1.82) is 0 Å². The second kappa shape index (κ2) is 7.08. The van der Waals surface area contributed by atoms with Crippen molar-refractivity contribution in [3.8, 4) is 11.5 Å². The van der Waals surface area contributed by atoms with Crippen molar-refractivity contribution in [2.75, 3.05) is 13.1 Å². The fourth-order valence-electron chi connectivity index (χ4n) is 3.38. The summed E-state index contributed by atoms with van der Waals surface area (Å²) in [4.78, 5) is 4.67. The Bertz CT molecular complexity index is 643. The van der Waals surface area contributed by atoms with Crippen LogP contribution in [0.4, 0.5) is 0 Å². The molecule has 0 spiro atoms. The van der Waals surface area contributed by atoms with Crippen LogP contribution in [0.15, 0.2) is 41.0 Å². The molecule has 1 aliphatic carbocycles. The smallest absolute Gasteiger partial charge is 0.226 e. The van der Waals surface area contributed by atoms with Gasteiger partial charge in [-0.3, -0.25) is 0 Å². The van der Waals surface area contributed by atoms with Gasteiger partial charge < -0.3 is 14.8 Å². The van der Waals surface area contributed by atoms with Crippen molar-refractivity contribution in [3.05, 3.63) is 42.3 Å². The van der Waals surface area contributed by atoms with Crippen LogP contribution in [0, 0.1) is 0 Å². The Hall–Kier alpha value is -1.65. The van der Waals surface area contributed by atoms with Crippen LogP contribution in [0.1, 0.15) is 51.6 Å². The first-order valence-electron chi connectivity index (χ1n) is 8.93. The van der Waals surface area contributed by atoms with E-state index in [0.29, 0.717) is 12.4 Å². The fourth-order valence-corrected chi connectivity index (χ4v) is 3.38. The monoisotopic (exact) mass is 328 g/mol. The maximum absolute atomic E-state index is 10.6. The highest BCUT2D eigenvalue weighted by Crippen LogP contribution is 2.29. The molecular formula is C20H28N2O2. The maximum Gasteiger partial charge on any atom is 0.226 e. The van der Waals surface area contributed by atoms with Gasteiger partial charge in [-0.05, 0) is 25.0 Å². The number of nitrogens with zero attached hydrogens (tertiary/aromatic N) is 1. The highest BCUT2D eigenvalue weighted by molar-refractivity contribution is 5.52. The van der Waals surface area contributed by atoms with E-state index in [1.54, 1.807) is 6.26 Å².